The summed E-state index contributed by atoms with van der Waals surface area (Å²) in [6.07, 6.45) is 3.55. The predicted octanol–water partition coefficient (Wildman–Crippen LogP) is 0.714. The third-order valence-corrected chi connectivity index (χ3v) is 3.63. The lowest BCUT2D eigenvalue weighted by Crippen LogP contribution is -2.58. The van der Waals surface area contributed by atoms with Crippen LogP contribution in [0.4, 0.5) is 0 Å². The minimum Gasteiger partial charge on any atom is -0.339 e. The van der Waals surface area contributed by atoms with Gasteiger partial charge in [-0.2, -0.15) is 0 Å². The van der Waals surface area contributed by atoms with Crippen molar-refractivity contribution in [2.75, 3.05) is 39.3 Å². The largest absolute Gasteiger partial charge is 0.339 e. The standard InChI is InChI=1S/C12H23N3O.ClH/c1-2-3-6-14-7-9-15(10-8-14)12(16)11-4-5-13-11;/h11,13H,2-10H2,1H3;1H. The molecule has 2 aliphatic rings. The number of nitrogens with one attached hydrogen (secondary N) is 1. The second-order valence-electron chi connectivity index (χ2n) is 4.82. The Balaban J connectivity index is 0.00000144. The Morgan fingerprint density at radius 1 is 1.29 bits per heavy atom. The van der Waals surface area contributed by atoms with Crippen LogP contribution in [0.3, 0.4) is 0 Å². The molecule has 0 aromatic heterocycles. The number of unbranched alkanes of at least 4 members (excludes halogenated alkanes) is 1. The first kappa shape index (κ1) is 14.7. The number of halogens is 1. The molecule has 0 aromatic rings. The van der Waals surface area contributed by atoms with Crippen LogP contribution in [-0.4, -0.2) is 61.0 Å². The summed E-state index contributed by atoms with van der Waals surface area (Å²) in [5.74, 6) is 0.321. The quantitative estimate of drug-likeness (QED) is 0.810. The van der Waals surface area contributed by atoms with Crippen molar-refractivity contribution < 1.29 is 4.79 Å². The summed E-state index contributed by atoms with van der Waals surface area (Å²) >= 11 is 0. The topological polar surface area (TPSA) is 35.6 Å². The highest BCUT2D eigenvalue weighted by molar-refractivity contribution is 5.85. The third kappa shape index (κ3) is 3.83. The van der Waals surface area contributed by atoms with Crippen molar-refractivity contribution >= 4 is 18.3 Å². The van der Waals surface area contributed by atoms with Gasteiger partial charge in [-0.25, -0.2) is 0 Å². The molecule has 2 rings (SSSR count). The number of carbonyl (C=O) groups excluding carboxylic acids is 1. The van der Waals surface area contributed by atoms with Gasteiger partial charge in [0.05, 0.1) is 6.04 Å². The van der Waals surface area contributed by atoms with Gasteiger partial charge in [-0.05, 0) is 25.9 Å². The second-order valence-corrected chi connectivity index (χ2v) is 4.82. The zero-order valence-corrected chi connectivity index (χ0v) is 11.5. The van der Waals surface area contributed by atoms with Crippen molar-refractivity contribution in [3.8, 4) is 0 Å². The maximum absolute atomic E-state index is 11.9. The minimum atomic E-state index is 0. The monoisotopic (exact) mass is 261 g/mol. The van der Waals surface area contributed by atoms with Crippen LogP contribution in [0.2, 0.25) is 0 Å². The second kappa shape index (κ2) is 7.19. The summed E-state index contributed by atoms with van der Waals surface area (Å²) in [7, 11) is 0. The number of piperazine rings is 1. The number of rotatable bonds is 4. The summed E-state index contributed by atoms with van der Waals surface area (Å²) in [5.41, 5.74) is 0. The van der Waals surface area contributed by atoms with Gasteiger partial charge in [0, 0.05) is 26.2 Å². The van der Waals surface area contributed by atoms with Gasteiger partial charge in [0.2, 0.25) is 5.91 Å². The minimum absolute atomic E-state index is 0. The van der Waals surface area contributed by atoms with Gasteiger partial charge in [-0.1, -0.05) is 13.3 Å². The molecule has 0 radical (unpaired) electrons. The van der Waals surface area contributed by atoms with E-state index in [2.05, 4.69) is 17.1 Å². The molecule has 1 N–H and O–H groups in total. The van der Waals surface area contributed by atoms with Crippen molar-refractivity contribution in [3.05, 3.63) is 0 Å². The van der Waals surface area contributed by atoms with Crippen LogP contribution in [0.15, 0.2) is 0 Å². The summed E-state index contributed by atoms with van der Waals surface area (Å²) in [4.78, 5) is 16.4. The van der Waals surface area contributed by atoms with E-state index in [0.717, 1.165) is 39.1 Å². The van der Waals surface area contributed by atoms with Gasteiger partial charge < -0.3 is 10.2 Å². The fraction of sp³-hybridized carbons (Fsp3) is 0.917. The first-order chi connectivity index (χ1) is 7.81. The summed E-state index contributed by atoms with van der Waals surface area (Å²) in [6.45, 7) is 8.37. The maximum atomic E-state index is 11.9. The fourth-order valence-electron chi connectivity index (χ4n) is 2.29. The molecule has 2 saturated heterocycles. The average molecular weight is 262 g/mol. The van der Waals surface area contributed by atoms with Crippen molar-refractivity contribution in [3.63, 3.8) is 0 Å². The number of nitrogens with zero attached hydrogens (tertiary/aromatic N) is 2. The number of carbonyl (C=O) groups is 1. The number of hydrogen-bond acceptors (Lipinski definition) is 3. The van der Waals surface area contributed by atoms with Crippen LogP contribution in [0.5, 0.6) is 0 Å². The summed E-state index contributed by atoms with van der Waals surface area (Å²) in [6, 6.07) is 0.127. The first-order valence-electron chi connectivity index (χ1n) is 6.56. The van der Waals surface area contributed by atoms with Crippen LogP contribution in [0, 0.1) is 0 Å². The van der Waals surface area contributed by atoms with Crippen LogP contribution in [0.25, 0.3) is 0 Å². The van der Waals surface area contributed by atoms with Crippen molar-refractivity contribution in [2.45, 2.75) is 32.2 Å². The zero-order chi connectivity index (χ0) is 11.4. The van der Waals surface area contributed by atoms with E-state index >= 15 is 0 Å². The summed E-state index contributed by atoms with van der Waals surface area (Å²) < 4.78 is 0. The van der Waals surface area contributed by atoms with Crippen molar-refractivity contribution in [2.24, 2.45) is 0 Å². The number of hydrogen-bond donors (Lipinski definition) is 1. The Morgan fingerprint density at radius 2 is 1.94 bits per heavy atom. The molecule has 100 valence electrons. The molecule has 0 aromatic carbocycles. The molecule has 2 fully saturated rings. The Labute approximate surface area is 110 Å². The highest BCUT2D eigenvalue weighted by atomic mass is 35.5. The van der Waals surface area contributed by atoms with Gasteiger partial charge in [0.15, 0.2) is 0 Å². The van der Waals surface area contributed by atoms with Gasteiger partial charge >= 0.3 is 0 Å². The number of amides is 1. The van der Waals surface area contributed by atoms with Crippen LogP contribution in [-0.2, 0) is 4.79 Å². The fourth-order valence-corrected chi connectivity index (χ4v) is 2.29. The normalized spacial score (nSPS) is 25.0. The molecule has 2 aliphatic heterocycles. The smallest absolute Gasteiger partial charge is 0.239 e. The SMILES string of the molecule is CCCCN1CCN(C(=O)C2CCN2)CC1.Cl. The third-order valence-electron chi connectivity index (χ3n) is 3.63. The molecule has 2 heterocycles. The Kier molecular flexibility index (Phi) is 6.23. The van der Waals surface area contributed by atoms with Crippen LogP contribution >= 0.6 is 12.4 Å². The molecular formula is C12H24ClN3O. The van der Waals surface area contributed by atoms with Crippen LogP contribution in [0.1, 0.15) is 26.2 Å². The molecule has 1 unspecified atom stereocenters. The summed E-state index contributed by atoms with van der Waals surface area (Å²) in [5, 5.41) is 3.18. The van der Waals surface area contributed by atoms with Gasteiger partial charge in [0.25, 0.3) is 0 Å². The lowest BCUT2D eigenvalue weighted by molar-refractivity contribution is -0.136. The van der Waals surface area contributed by atoms with E-state index in [1.807, 2.05) is 4.90 Å². The first-order valence-corrected chi connectivity index (χ1v) is 6.56. The highest BCUT2D eigenvalue weighted by Crippen LogP contribution is 2.10. The van der Waals surface area contributed by atoms with E-state index in [1.54, 1.807) is 0 Å². The van der Waals surface area contributed by atoms with E-state index in [4.69, 9.17) is 0 Å². The van der Waals surface area contributed by atoms with E-state index in [1.165, 1.54) is 19.4 Å². The lowest BCUT2D eigenvalue weighted by atomic mass is 10.1. The molecule has 1 amide bonds. The van der Waals surface area contributed by atoms with E-state index in [0.29, 0.717) is 5.91 Å². The molecule has 0 bridgehead atoms. The molecule has 0 aliphatic carbocycles. The zero-order valence-electron chi connectivity index (χ0n) is 10.7. The Morgan fingerprint density at radius 3 is 2.41 bits per heavy atom. The molecule has 17 heavy (non-hydrogen) atoms. The Hall–Kier alpha value is -0.320. The highest BCUT2D eigenvalue weighted by Gasteiger charge is 2.30. The van der Waals surface area contributed by atoms with Crippen molar-refractivity contribution in [1.82, 2.24) is 15.1 Å². The van der Waals surface area contributed by atoms with E-state index < -0.39 is 0 Å². The maximum Gasteiger partial charge on any atom is 0.239 e. The van der Waals surface area contributed by atoms with Gasteiger partial charge in [0.1, 0.15) is 0 Å². The molecule has 0 spiro atoms. The van der Waals surface area contributed by atoms with Crippen LogP contribution < -0.4 is 5.32 Å². The van der Waals surface area contributed by atoms with Gasteiger partial charge in [-0.15, -0.1) is 12.4 Å². The van der Waals surface area contributed by atoms with Crippen molar-refractivity contribution in [1.29, 1.82) is 0 Å². The van der Waals surface area contributed by atoms with E-state index in [9.17, 15) is 4.79 Å². The predicted molar refractivity (Wildman–Crippen MR) is 71.6 cm³/mol. The average Bonchev–Trinajstić information content (AvgIpc) is 2.24. The van der Waals surface area contributed by atoms with E-state index in [-0.39, 0.29) is 18.4 Å². The molecule has 0 saturated carbocycles. The molecule has 5 heteroatoms. The Bertz CT molecular complexity index is 238. The molecule has 1 atom stereocenters. The molecular weight excluding hydrogens is 238 g/mol. The lowest BCUT2D eigenvalue weighted by Gasteiger charge is -2.38. The van der Waals surface area contributed by atoms with Gasteiger partial charge in [-0.3, -0.25) is 9.69 Å². The molecule has 4 nitrogen and oxygen atoms in total.